The minimum Gasteiger partial charge on any atom is -0.370 e. The second kappa shape index (κ2) is 6.95. The van der Waals surface area contributed by atoms with Gasteiger partial charge in [-0.25, -0.2) is 0 Å². The largest absolute Gasteiger partial charge is 0.370 e. The summed E-state index contributed by atoms with van der Waals surface area (Å²) in [5.74, 6) is 0.105. The molecule has 1 aliphatic rings. The maximum atomic E-state index is 7.87. The first-order valence-corrected chi connectivity index (χ1v) is 9.23. The standard InChI is InChI=1S/C21H28N6/c1-12(2)26(20(22)23)16-5-7-18-14(10-16)9-15-11-17(6-8-19(15)18)27(13(3)4)21(24)25/h5-8,10-13H,9H2,1-4H3,(H3,22,23)(H3,24,25). The highest BCUT2D eigenvalue weighted by molar-refractivity contribution is 5.95. The van der Waals surface area contributed by atoms with Crippen LogP contribution in [0.15, 0.2) is 36.4 Å². The summed E-state index contributed by atoms with van der Waals surface area (Å²) in [6.07, 6.45) is 0.819. The maximum absolute atomic E-state index is 7.87. The Morgan fingerprint density at radius 1 is 0.778 bits per heavy atom. The molecule has 2 aromatic carbocycles. The Kier molecular flexibility index (Phi) is 4.83. The molecule has 0 radical (unpaired) electrons. The van der Waals surface area contributed by atoms with Crippen molar-refractivity contribution in [2.24, 2.45) is 11.5 Å². The van der Waals surface area contributed by atoms with Crippen molar-refractivity contribution in [2.45, 2.75) is 46.2 Å². The van der Waals surface area contributed by atoms with E-state index in [2.05, 4.69) is 24.3 Å². The van der Waals surface area contributed by atoms with E-state index in [1.807, 2.05) is 49.6 Å². The molecule has 142 valence electrons. The lowest BCUT2D eigenvalue weighted by molar-refractivity contribution is 0.798. The number of fused-ring (bicyclic) bond motifs is 3. The van der Waals surface area contributed by atoms with Gasteiger partial charge in [0, 0.05) is 23.5 Å². The predicted octanol–water partition coefficient (Wildman–Crippen LogP) is 3.47. The number of nitrogens with zero attached hydrogens (tertiary/aromatic N) is 2. The highest BCUT2D eigenvalue weighted by Crippen LogP contribution is 2.40. The Labute approximate surface area is 160 Å². The van der Waals surface area contributed by atoms with E-state index in [0.717, 1.165) is 17.8 Å². The molecule has 2 aromatic rings. The molecule has 27 heavy (non-hydrogen) atoms. The van der Waals surface area contributed by atoms with Gasteiger partial charge >= 0.3 is 0 Å². The normalized spacial score (nSPS) is 12.1. The van der Waals surface area contributed by atoms with E-state index in [1.165, 1.54) is 22.3 Å². The number of guanidine groups is 2. The van der Waals surface area contributed by atoms with Gasteiger partial charge in [-0.05, 0) is 80.6 Å². The van der Waals surface area contributed by atoms with E-state index in [-0.39, 0.29) is 24.0 Å². The fourth-order valence-electron chi connectivity index (χ4n) is 3.91. The second-order valence-electron chi connectivity index (χ2n) is 7.56. The molecule has 6 N–H and O–H groups in total. The summed E-state index contributed by atoms with van der Waals surface area (Å²) in [4.78, 5) is 3.65. The monoisotopic (exact) mass is 364 g/mol. The zero-order valence-electron chi connectivity index (χ0n) is 16.4. The summed E-state index contributed by atoms with van der Waals surface area (Å²) in [5.41, 5.74) is 18.3. The van der Waals surface area contributed by atoms with Gasteiger partial charge in [-0.3, -0.25) is 10.8 Å². The van der Waals surface area contributed by atoms with Crippen molar-refractivity contribution < 1.29 is 0 Å². The van der Waals surface area contributed by atoms with Gasteiger partial charge in [0.1, 0.15) is 0 Å². The zero-order chi connectivity index (χ0) is 19.9. The smallest absolute Gasteiger partial charge is 0.193 e. The Bertz CT molecular complexity index is 826. The van der Waals surface area contributed by atoms with Gasteiger partial charge in [-0.15, -0.1) is 0 Å². The highest BCUT2D eigenvalue weighted by atomic mass is 15.3. The van der Waals surface area contributed by atoms with Crippen LogP contribution >= 0.6 is 0 Å². The number of hydrogen-bond donors (Lipinski definition) is 4. The van der Waals surface area contributed by atoms with E-state index in [4.69, 9.17) is 22.3 Å². The number of nitrogens with two attached hydrogens (primary N) is 2. The summed E-state index contributed by atoms with van der Waals surface area (Å²) in [6, 6.07) is 12.8. The van der Waals surface area contributed by atoms with Crippen molar-refractivity contribution in [3.8, 4) is 11.1 Å². The van der Waals surface area contributed by atoms with Crippen molar-refractivity contribution in [1.82, 2.24) is 0 Å². The molecule has 0 saturated heterocycles. The molecule has 0 aliphatic heterocycles. The van der Waals surface area contributed by atoms with Gasteiger partial charge in [0.25, 0.3) is 0 Å². The molecular formula is C21H28N6. The SMILES string of the molecule is CC(C)N(C(=N)N)c1ccc2c(c1)Cc1cc(N(C(=N)N)C(C)C)ccc1-2. The molecule has 0 bridgehead atoms. The zero-order valence-corrected chi connectivity index (χ0v) is 16.4. The highest BCUT2D eigenvalue weighted by Gasteiger charge is 2.23. The molecule has 0 aromatic heterocycles. The lowest BCUT2D eigenvalue weighted by atomic mass is 10.0. The third-order valence-electron chi connectivity index (χ3n) is 4.96. The van der Waals surface area contributed by atoms with Crippen LogP contribution in [0.4, 0.5) is 11.4 Å². The van der Waals surface area contributed by atoms with Crippen molar-refractivity contribution in [3.63, 3.8) is 0 Å². The predicted molar refractivity (Wildman–Crippen MR) is 114 cm³/mol. The van der Waals surface area contributed by atoms with Gasteiger partial charge in [-0.2, -0.15) is 0 Å². The Morgan fingerprint density at radius 2 is 1.15 bits per heavy atom. The van der Waals surface area contributed by atoms with Gasteiger partial charge in [0.15, 0.2) is 11.9 Å². The summed E-state index contributed by atoms with van der Waals surface area (Å²) in [5, 5.41) is 15.7. The van der Waals surface area contributed by atoms with Crippen LogP contribution in [0.3, 0.4) is 0 Å². The Balaban J connectivity index is 1.98. The van der Waals surface area contributed by atoms with Crippen LogP contribution in [0.5, 0.6) is 0 Å². The fraction of sp³-hybridized carbons (Fsp3) is 0.333. The van der Waals surface area contributed by atoms with Crippen LogP contribution in [-0.2, 0) is 6.42 Å². The van der Waals surface area contributed by atoms with E-state index in [9.17, 15) is 0 Å². The Morgan fingerprint density at radius 3 is 1.44 bits per heavy atom. The van der Waals surface area contributed by atoms with E-state index >= 15 is 0 Å². The van der Waals surface area contributed by atoms with Crippen LogP contribution in [0.2, 0.25) is 0 Å². The van der Waals surface area contributed by atoms with Gasteiger partial charge in [0.05, 0.1) is 0 Å². The molecule has 6 nitrogen and oxygen atoms in total. The first-order chi connectivity index (χ1) is 12.7. The third kappa shape index (κ3) is 3.35. The quantitative estimate of drug-likeness (QED) is 0.420. The first kappa shape index (κ1) is 18.8. The minimum absolute atomic E-state index is 0.0526. The number of benzene rings is 2. The lowest BCUT2D eigenvalue weighted by Gasteiger charge is -2.27. The lowest BCUT2D eigenvalue weighted by Crippen LogP contribution is -2.41. The third-order valence-corrected chi connectivity index (χ3v) is 4.96. The number of hydrogen-bond acceptors (Lipinski definition) is 2. The summed E-state index contributed by atoms with van der Waals surface area (Å²) in [6.45, 7) is 8.10. The van der Waals surface area contributed by atoms with Crippen LogP contribution in [0.1, 0.15) is 38.8 Å². The molecule has 3 rings (SSSR count). The van der Waals surface area contributed by atoms with Crippen molar-refractivity contribution in [2.75, 3.05) is 9.80 Å². The number of nitrogens with one attached hydrogen (secondary N) is 2. The molecular weight excluding hydrogens is 336 g/mol. The van der Waals surface area contributed by atoms with E-state index in [0.29, 0.717) is 0 Å². The molecule has 0 unspecified atom stereocenters. The maximum Gasteiger partial charge on any atom is 0.193 e. The molecule has 1 aliphatic carbocycles. The summed E-state index contributed by atoms with van der Waals surface area (Å²) in [7, 11) is 0. The number of rotatable bonds is 4. The molecule has 0 fully saturated rings. The van der Waals surface area contributed by atoms with E-state index in [1.54, 1.807) is 0 Å². The van der Waals surface area contributed by atoms with Crippen LogP contribution < -0.4 is 21.3 Å². The minimum atomic E-state index is 0.0526. The van der Waals surface area contributed by atoms with Crippen molar-refractivity contribution >= 4 is 23.3 Å². The van der Waals surface area contributed by atoms with Gasteiger partial charge < -0.3 is 21.3 Å². The second-order valence-corrected chi connectivity index (χ2v) is 7.56. The van der Waals surface area contributed by atoms with E-state index < -0.39 is 0 Å². The van der Waals surface area contributed by atoms with Crippen LogP contribution in [0, 0.1) is 10.8 Å². The average Bonchev–Trinajstić information content (AvgIpc) is 2.90. The molecule has 0 amide bonds. The Hall–Kier alpha value is -3.02. The number of anilines is 2. The summed E-state index contributed by atoms with van der Waals surface area (Å²) < 4.78 is 0. The molecule has 0 saturated carbocycles. The molecule has 0 spiro atoms. The topological polar surface area (TPSA) is 106 Å². The average molecular weight is 364 g/mol. The van der Waals surface area contributed by atoms with Gasteiger partial charge in [-0.1, -0.05) is 12.1 Å². The van der Waals surface area contributed by atoms with Crippen LogP contribution in [0.25, 0.3) is 11.1 Å². The van der Waals surface area contributed by atoms with Crippen LogP contribution in [-0.4, -0.2) is 24.0 Å². The van der Waals surface area contributed by atoms with Crippen molar-refractivity contribution in [1.29, 1.82) is 10.8 Å². The first-order valence-electron chi connectivity index (χ1n) is 9.23. The molecule has 0 heterocycles. The van der Waals surface area contributed by atoms with Gasteiger partial charge in [0.2, 0.25) is 0 Å². The fourth-order valence-corrected chi connectivity index (χ4v) is 3.91. The molecule has 0 atom stereocenters. The molecule has 6 heteroatoms. The summed E-state index contributed by atoms with van der Waals surface area (Å²) >= 11 is 0. The van der Waals surface area contributed by atoms with Crippen molar-refractivity contribution in [3.05, 3.63) is 47.5 Å².